The molecule has 2 fully saturated rings. The second-order valence-electron chi connectivity index (χ2n) is 4.07. The summed E-state index contributed by atoms with van der Waals surface area (Å²) >= 11 is 4.68. The number of ether oxygens (including phenoxy) is 1. The van der Waals surface area contributed by atoms with E-state index >= 15 is 0 Å². The summed E-state index contributed by atoms with van der Waals surface area (Å²) in [5, 5.41) is 0.604. The van der Waals surface area contributed by atoms with Crippen LogP contribution in [-0.4, -0.2) is 42.5 Å². The van der Waals surface area contributed by atoms with Crippen LogP contribution < -0.4 is 0 Å². The van der Waals surface area contributed by atoms with Gasteiger partial charge in [-0.2, -0.15) is 12.6 Å². The first kappa shape index (κ1) is 9.81. The van der Waals surface area contributed by atoms with Crippen molar-refractivity contribution in [3.8, 4) is 0 Å². The van der Waals surface area contributed by atoms with Crippen LogP contribution in [0.15, 0.2) is 0 Å². The Balaban J connectivity index is 1.88. The van der Waals surface area contributed by atoms with Crippen molar-refractivity contribution in [2.75, 3.05) is 26.3 Å². The third kappa shape index (κ3) is 2.39. The first-order chi connectivity index (χ1) is 6.38. The van der Waals surface area contributed by atoms with Crippen LogP contribution in [-0.2, 0) is 4.74 Å². The molecule has 0 aromatic heterocycles. The van der Waals surface area contributed by atoms with Crippen molar-refractivity contribution < 1.29 is 4.74 Å². The van der Waals surface area contributed by atoms with Crippen LogP contribution >= 0.6 is 12.6 Å². The molecule has 2 aliphatic rings. The highest BCUT2D eigenvalue weighted by Crippen LogP contribution is 2.27. The van der Waals surface area contributed by atoms with Gasteiger partial charge in [-0.25, -0.2) is 0 Å². The van der Waals surface area contributed by atoms with Gasteiger partial charge >= 0.3 is 0 Å². The molecule has 0 aromatic rings. The second kappa shape index (κ2) is 4.67. The molecule has 1 heterocycles. The molecule has 2 atom stereocenters. The summed E-state index contributed by atoms with van der Waals surface area (Å²) in [7, 11) is 0. The number of rotatable bonds is 1. The standard InChI is InChI=1S/C10H19NOS/c13-10-4-2-1-3-9(10)11-5-7-12-8-6-11/h9-10,13H,1-8H2/t9?,10-/m0/s1. The van der Waals surface area contributed by atoms with Crippen LogP contribution in [0, 0.1) is 0 Å². The van der Waals surface area contributed by atoms with Gasteiger partial charge in [-0.15, -0.1) is 0 Å². The molecule has 0 radical (unpaired) electrons. The maximum atomic E-state index is 5.36. The van der Waals surface area contributed by atoms with Gasteiger partial charge in [-0.1, -0.05) is 12.8 Å². The summed E-state index contributed by atoms with van der Waals surface area (Å²) in [4.78, 5) is 2.57. The number of morpholine rings is 1. The molecule has 0 bridgehead atoms. The summed E-state index contributed by atoms with van der Waals surface area (Å²) in [6.45, 7) is 4.05. The smallest absolute Gasteiger partial charge is 0.0594 e. The van der Waals surface area contributed by atoms with E-state index < -0.39 is 0 Å². The van der Waals surface area contributed by atoms with E-state index in [1.807, 2.05) is 0 Å². The Kier molecular flexibility index (Phi) is 3.52. The molecule has 0 N–H and O–H groups in total. The van der Waals surface area contributed by atoms with Crippen LogP contribution in [0.2, 0.25) is 0 Å². The quantitative estimate of drug-likeness (QED) is 0.646. The zero-order valence-corrected chi connectivity index (χ0v) is 9.01. The van der Waals surface area contributed by atoms with E-state index in [0.717, 1.165) is 32.3 Å². The highest BCUT2D eigenvalue weighted by molar-refractivity contribution is 7.81. The molecule has 1 saturated carbocycles. The van der Waals surface area contributed by atoms with Gasteiger partial charge in [0.15, 0.2) is 0 Å². The zero-order valence-electron chi connectivity index (χ0n) is 8.11. The number of nitrogens with zero attached hydrogens (tertiary/aromatic N) is 1. The molecule has 2 nitrogen and oxygen atoms in total. The Morgan fingerprint density at radius 2 is 1.77 bits per heavy atom. The van der Waals surface area contributed by atoms with E-state index in [1.54, 1.807) is 0 Å². The fourth-order valence-electron chi connectivity index (χ4n) is 2.43. The van der Waals surface area contributed by atoms with Crippen LogP contribution in [0.4, 0.5) is 0 Å². The van der Waals surface area contributed by atoms with E-state index in [-0.39, 0.29) is 0 Å². The largest absolute Gasteiger partial charge is 0.379 e. The summed E-state index contributed by atoms with van der Waals surface area (Å²) < 4.78 is 5.36. The summed E-state index contributed by atoms with van der Waals surface area (Å²) in [6, 6.07) is 0.723. The lowest BCUT2D eigenvalue weighted by Crippen LogP contribution is -2.48. The van der Waals surface area contributed by atoms with E-state index in [0.29, 0.717) is 5.25 Å². The lowest BCUT2D eigenvalue weighted by Gasteiger charge is -2.39. The third-order valence-electron chi connectivity index (χ3n) is 3.21. The molecule has 76 valence electrons. The van der Waals surface area contributed by atoms with E-state index in [2.05, 4.69) is 17.5 Å². The van der Waals surface area contributed by atoms with Crippen molar-refractivity contribution >= 4 is 12.6 Å². The Morgan fingerprint density at radius 3 is 2.46 bits per heavy atom. The monoisotopic (exact) mass is 201 g/mol. The predicted octanol–water partition coefficient (Wildman–Crippen LogP) is 1.56. The van der Waals surface area contributed by atoms with Crippen molar-refractivity contribution in [3.63, 3.8) is 0 Å². The van der Waals surface area contributed by atoms with Gasteiger partial charge in [0.2, 0.25) is 0 Å². The van der Waals surface area contributed by atoms with Crippen molar-refractivity contribution in [2.45, 2.75) is 37.0 Å². The molecular formula is C10H19NOS. The highest BCUT2D eigenvalue weighted by atomic mass is 32.1. The average Bonchev–Trinajstić information content (AvgIpc) is 2.20. The molecule has 0 spiro atoms. The van der Waals surface area contributed by atoms with E-state index in [4.69, 9.17) is 4.74 Å². The average molecular weight is 201 g/mol. The predicted molar refractivity (Wildman–Crippen MR) is 57.4 cm³/mol. The molecule has 2 rings (SSSR count). The highest BCUT2D eigenvalue weighted by Gasteiger charge is 2.28. The molecular weight excluding hydrogens is 182 g/mol. The number of hydrogen-bond acceptors (Lipinski definition) is 3. The second-order valence-corrected chi connectivity index (χ2v) is 4.73. The Bertz CT molecular complexity index is 159. The van der Waals surface area contributed by atoms with Crippen LogP contribution in [0.25, 0.3) is 0 Å². The molecule has 0 aromatic carbocycles. The van der Waals surface area contributed by atoms with E-state index in [9.17, 15) is 0 Å². The fourth-order valence-corrected chi connectivity index (χ4v) is 2.95. The lowest BCUT2D eigenvalue weighted by atomic mass is 9.93. The first-order valence-electron chi connectivity index (χ1n) is 5.38. The van der Waals surface area contributed by atoms with Gasteiger partial charge < -0.3 is 4.74 Å². The minimum absolute atomic E-state index is 0.604. The maximum Gasteiger partial charge on any atom is 0.0594 e. The molecule has 1 saturated heterocycles. The molecule has 1 aliphatic heterocycles. The molecule has 13 heavy (non-hydrogen) atoms. The lowest BCUT2D eigenvalue weighted by molar-refractivity contribution is 0.0103. The number of hydrogen-bond donors (Lipinski definition) is 1. The molecule has 1 unspecified atom stereocenters. The van der Waals surface area contributed by atoms with E-state index in [1.165, 1.54) is 25.7 Å². The van der Waals surface area contributed by atoms with Crippen LogP contribution in [0.3, 0.4) is 0 Å². The van der Waals surface area contributed by atoms with Gasteiger partial charge in [0.25, 0.3) is 0 Å². The van der Waals surface area contributed by atoms with Crippen molar-refractivity contribution in [1.29, 1.82) is 0 Å². The van der Waals surface area contributed by atoms with Crippen molar-refractivity contribution in [1.82, 2.24) is 4.90 Å². The molecule has 3 heteroatoms. The van der Waals surface area contributed by atoms with Crippen molar-refractivity contribution in [2.24, 2.45) is 0 Å². The minimum Gasteiger partial charge on any atom is -0.379 e. The Morgan fingerprint density at radius 1 is 1.08 bits per heavy atom. The SMILES string of the molecule is S[C@H]1CCCCC1N1CCOCC1. The topological polar surface area (TPSA) is 12.5 Å². The van der Waals surface area contributed by atoms with Gasteiger partial charge in [0, 0.05) is 24.4 Å². The number of thiol groups is 1. The molecule has 0 amide bonds. The summed E-state index contributed by atoms with van der Waals surface area (Å²) in [5.41, 5.74) is 0. The molecule has 1 aliphatic carbocycles. The van der Waals surface area contributed by atoms with Gasteiger partial charge in [0.1, 0.15) is 0 Å². The summed E-state index contributed by atoms with van der Waals surface area (Å²) in [5.74, 6) is 0. The normalized spacial score (nSPS) is 37.6. The van der Waals surface area contributed by atoms with Gasteiger partial charge in [0.05, 0.1) is 13.2 Å². The minimum atomic E-state index is 0.604. The van der Waals surface area contributed by atoms with Crippen LogP contribution in [0.5, 0.6) is 0 Å². The summed E-state index contributed by atoms with van der Waals surface area (Å²) in [6.07, 6.45) is 5.40. The third-order valence-corrected chi connectivity index (χ3v) is 3.81. The fraction of sp³-hybridized carbons (Fsp3) is 1.00. The zero-order chi connectivity index (χ0) is 9.10. The Labute approximate surface area is 86.0 Å². The Hall–Kier alpha value is 0.270. The van der Waals surface area contributed by atoms with Crippen molar-refractivity contribution in [3.05, 3.63) is 0 Å². The maximum absolute atomic E-state index is 5.36. The van der Waals surface area contributed by atoms with Crippen LogP contribution in [0.1, 0.15) is 25.7 Å². The van der Waals surface area contributed by atoms with Gasteiger partial charge in [-0.3, -0.25) is 4.90 Å². The van der Waals surface area contributed by atoms with Gasteiger partial charge in [-0.05, 0) is 12.8 Å². The first-order valence-corrected chi connectivity index (χ1v) is 5.89.